The first kappa shape index (κ1) is 22.3. The number of hydrogen-bond acceptors (Lipinski definition) is 3. The summed E-state index contributed by atoms with van der Waals surface area (Å²) in [6, 6.07) is 16.9. The van der Waals surface area contributed by atoms with E-state index in [4.69, 9.17) is 0 Å². The van der Waals surface area contributed by atoms with Crippen LogP contribution in [0.1, 0.15) is 40.7 Å². The smallest absolute Gasteiger partial charge is 0.317 e. The second-order valence-electron chi connectivity index (χ2n) is 7.80. The van der Waals surface area contributed by atoms with Crippen molar-refractivity contribution in [2.24, 2.45) is 0 Å². The molecule has 0 aliphatic carbocycles. The summed E-state index contributed by atoms with van der Waals surface area (Å²) in [6.07, 6.45) is 2.30. The van der Waals surface area contributed by atoms with Crippen LogP contribution in [0.3, 0.4) is 0 Å². The molecule has 0 radical (unpaired) electrons. The molecule has 0 atom stereocenters. The highest BCUT2D eigenvalue weighted by atomic mass is 16.2. The molecule has 2 N–H and O–H groups in total. The van der Waals surface area contributed by atoms with Crippen molar-refractivity contribution in [3.05, 3.63) is 71.3 Å². The van der Waals surface area contributed by atoms with Crippen LogP contribution in [0.4, 0.5) is 4.79 Å². The fourth-order valence-electron chi connectivity index (χ4n) is 3.55. The molecule has 31 heavy (non-hydrogen) atoms. The Morgan fingerprint density at radius 3 is 2.39 bits per heavy atom. The SMILES string of the molecule is CN(Cc1ccccc1)C(=O)NCCC(=O)NCc1cccc(C(=O)N2CCCC2)c1. The molecular weight excluding hydrogens is 392 g/mol. The number of hydrogen-bond donors (Lipinski definition) is 2. The molecule has 0 saturated carbocycles. The predicted octanol–water partition coefficient (Wildman–Crippen LogP) is 2.77. The molecule has 164 valence electrons. The second kappa shape index (κ2) is 11.2. The molecule has 0 unspecified atom stereocenters. The molecule has 0 bridgehead atoms. The minimum atomic E-state index is -0.218. The number of benzene rings is 2. The van der Waals surface area contributed by atoms with Crippen LogP contribution >= 0.6 is 0 Å². The van der Waals surface area contributed by atoms with Crippen molar-refractivity contribution in [3.63, 3.8) is 0 Å². The molecule has 7 nitrogen and oxygen atoms in total. The van der Waals surface area contributed by atoms with Gasteiger partial charge in [-0.3, -0.25) is 9.59 Å². The second-order valence-corrected chi connectivity index (χ2v) is 7.80. The number of nitrogens with zero attached hydrogens (tertiary/aromatic N) is 2. The average Bonchev–Trinajstić information content (AvgIpc) is 3.33. The average molecular weight is 423 g/mol. The van der Waals surface area contributed by atoms with E-state index in [-0.39, 0.29) is 30.8 Å². The van der Waals surface area contributed by atoms with Gasteiger partial charge in [0.25, 0.3) is 5.91 Å². The first-order valence-corrected chi connectivity index (χ1v) is 10.7. The maximum Gasteiger partial charge on any atom is 0.317 e. The summed E-state index contributed by atoms with van der Waals surface area (Å²) in [4.78, 5) is 40.3. The highest BCUT2D eigenvalue weighted by Crippen LogP contribution is 2.14. The Hall–Kier alpha value is -3.35. The van der Waals surface area contributed by atoms with Crippen LogP contribution in [0.15, 0.2) is 54.6 Å². The lowest BCUT2D eigenvalue weighted by atomic mass is 10.1. The normalized spacial score (nSPS) is 13.0. The summed E-state index contributed by atoms with van der Waals surface area (Å²) in [6.45, 7) is 2.74. The zero-order chi connectivity index (χ0) is 22.1. The monoisotopic (exact) mass is 422 g/mol. The van der Waals surface area contributed by atoms with Crippen LogP contribution in [-0.2, 0) is 17.9 Å². The van der Waals surface area contributed by atoms with Gasteiger partial charge in [-0.15, -0.1) is 0 Å². The third-order valence-electron chi connectivity index (χ3n) is 5.29. The maximum atomic E-state index is 12.5. The predicted molar refractivity (Wildman–Crippen MR) is 119 cm³/mol. The summed E-state index contributed by atoms with van der Waals surface area (Å²) < 4.78 is 0. The van der Waals surface area contributed by atoms with Crippen molar-refractivity contribution >= 4 is 17.8 Å². The van der Waals surface area contributed by atoms with E-state index in [0.717, 1.165) is 37.1 Å². The van der Waals surface area contributed by atoms with Gasteiger partial charge in [-0.05, 0) is 36.1 Å². The van der Waals surface area contributed by atoms with E-state index >= 15 is 0 Å². The van der Waals surface area contributed by atoms with E-state index in [2.05, 4.69) is 10.6 Å². The summed E-state index contributed by atoms with van der Waals surface area (Å²) in [7, 11) is 1.72. The van der Waals surface area contributed by atoms with Crippen LogP contribution < -0.4 is 10.6 Å². The number of rotatable bonds is 8. The number of urea groups is 1. The van der Waals surface area contributed by atoms with Gasteiger partial charge in [0.15, 0.2) is 0 Å². The molecule has 2 aromatic rings. The van der Waals surface area contributed by atoms with Crippen LogP contribution in [0.2, 0.25) is 0 Å². The molecule has 0 spiro atoms. The summed E-state index contributed by atoms with van der Waals surface area (Å²) in [5.74, 6) is -0.102. The van der Waals surface area contributed by atoms with Crippen LogP contribution in [0.5, 0.6) is 0 Å². The fraction of sp³-hybridized carbons (Fsp3) is 0.375. The Bertz CT molecular complexity index is 895. The fourth-order valence-corrected chi connectivity index (χ4v) is 3.55. The number of amides is 4. The Morgan fingerprint density at radius 2 is 1.65 bits per heavy atom. The van der Waals surface area contributed by atoms with Crippen LogP contribution in [0.25, 0.3) is 0 Å². The first-order chi connectivity index (χ1) is 15.0. The molecule has 1 saturated heterocycles. The van der Waals surface area contributed by atoms with Gasteiger partial charge in [-0.25, -0.2) is 4.79 Å². The maximum absolute atomic E-state index is 12.5. The van der Waals surface area contributed by atoms with Crippen molar-refractivity contribution in [2.45, 2.75) is 32.4 Å². The lowest BCUT2D eigenvalue weighted by Crippen LogP contribution is -2.38. The highest BCUT2D eigenvalue weighted by molar-refractivity contribution is 5.94. The van der Waals surface area contributed by atoms with Crippen molar-refractivity contribution in [1.29, 1.82) is 0 Å². The van der Waals surface area contributed by atoms with Crippen molar-refractivity contribution in [3.8, 4) is 0 Å². The minimum Gasteiger partial charge on any atom is -0.352 e. The van der Waals surface area contributed by atoms with Gasteiger partial charge in [0.05, 0.1) is 0 Å². The van der Waals surface area contributed by atoms with E-state index < -0.39 is 0 Å². The third-order valence-corrected chi connectivity index (χ3v) is 5.29. The number of carbonyl (C=O) groups excluding carboxylic acids is 3. The molecule has 3 rings (SSSR count). The molecule has 1 aliphatic rings. The van der Waals surface area contributed by atoms with Crippen molar-refractivity contribution < 1.29 is 14.4 Å². The molecule has 4 amide bonds. The number of likely N-dealkylation sites (tertiary alicyclic amines) is 1. The van der Waals surface area contributed by atoms with Crippen molar-refractivity contribution in [2.75, 3.05) is 26.7 Å². The van der Waals surface area contributed by atoms with Gasteiger partial charge < -0.3 is 20.4 Å². The largest absolute Gasteiger partial charge is 0.352 e. The Labute approximate surface area is 183 Å². The Kier molecular flexibility index (Phi) is 8.04. The molecule has 0 aromatic heterocycles. The lowest BCUT2D eigenvalue weighted by molar-refractivity contribution is -0.121. The van der Waals surface area contributed by atoms with E-state index in [0.29, 0.717) is 18.7 Å². The Morgan fingerprint density at radius 1 is 0.935 bits per heavy atom. The zero-order valence-electron chi connectivity index (χ0n) is 18.0. The van der Waals surface area contributed by atoms with Crippen LogP contribution in [0, 0.1) is 0 Å². The molecule has 1 aliphatic heterocycles. The Balaban J connectivity index is 1.38. The highest BCUT2D eigenvalue weighted by Gasteiger charge is 2.19. The van der Waals surface area contributed by atoms with Gasteiger partial charge in [0.2, 0.25) is 5.91 Å². The van der Waals surface area contributed by atoms with Gasteiger partial charge in [-0.1, -0.05) is 42.5 Å². The summed E-state index contributed by atoms with van der Waals surface area (Å²) in [5, 5.41) is 5.61. The van der Waals surface area contributed by atoms with Gasteiger partial charge in [0.1, 0.15) is 0 Å². The minimum absolute atomic E-state index is 0.0491. The van der Waals surface area contributed by atoms with Gasteiger partial charge in [-0.2, -0.15) is 0 Å². The van der Waals surface area contributed by atoms with E-state index in [1.165, 1.54) is 0 Å². The van der Waals surface area contributed by atoms with E-state index in [9.17, 15) is 14.4 Å². The standard InChI is InChI=1S/C24H30N4O3/c1-27(18-19-8-3-2-4-9-19)24(31)25-13-12-22(29)26-17-20-10-7-11-21(16-20)23(30)28-14-5-6-15-28/h2-4,7-11,16H,5-6,12-15,17-18H2,1H3,(H,25,31)(H,26,29). The first-order valence-electron chi connectivity index (χ1n) is 10.7. The van der Waals surface area contributed by atoms with Gasteiger partial charge in [0, 0.05) is 51.8 Å². The topological polar surface area (TPSA) is 81.8 Å². The zero-order valence-corrected chi connectivity index (χ0v) is 18.0. The molecule has 2 aromatic carbocycles. The third kappa shape index (κ3) is 6.84. The van der Waals surface area contributed by atoms with E-state index in [1.54, 1.807) is 11.9 Å². The lowest BCUT2D eigenvalue weighted by Gasteiger charge is -2.18. The van der Waals surface area contributed by atoms with Crippen LogP contribution in [-0.4, -0.2) is 54.3 Å². The number of carbonyl (C=O) groups is 3. The molecular formula is C24H30N4O3. The summed E-state index contributed by atoms with van der Waals surface area (Å²) >= 11 is 0. The number of nitrogens with one attached hydrogen (secondary N) is 2. The molecule has 1 heterocycles. The molecule has 7 heteroatoms. The van der Waals surface area contributed by atoms with Gasteiger partial charge >= 0.3 is 6.03 Å². The van der Waals surface area contributed by atoms with E-state index in [1.807, 2.05) is 59.5 Å². The molecule has 1 fully saturated rings. The van der Waals surface area contributed by atoms with Crippen molar-refractivity contribution in [1.82, 2.24) is 20.4 Å². The quantitative estimate of drug-likeness (QED) is 0.686. The summed E-state index contributed by atoms with van der Waals surface area (Å²) in [5.41, 5.74) is 2.58.